The molecular formula is C18H18F4N2O3S. The number of carbonyl (C=O) groups excluding carboxylic acids is 1. The van der Waals surface area contributed by atoms with Crippen LogP contribution in [0, 0.1) is 5.82 Å². The van der Waals surface area contributed by atoms with Gasteiger partial charge in [-0.3, -0.25) is 9.10 Å². The number of nitrogens with zero attached hydrogens (tertiary/aromatic N) is 1. The third kappa shape index (κ3) is 5.22. The average molecular weight is 418 g/mol. The fourth-order valence-corrected chi connectivity index (χ4v) is 3.86. The number of halogens is 4. The zero-order valence-corrected chi connectivity index (χ0v) is 15.8. The van der Waals surface area contributed by atoms with Gasteiger partial charge >= 0.3 is 6.18 Å². The first-order chi connectivity index (χ1) is 12.9. The first kappa shape index (κ1) is 21.7. The second kappa shape index (κ2) is 8.17. The fraction of sp³-hybridized carbons (Fsp3) is 0.278. The SMILES string of the molecule is CC[C@@H](C(=O)Nc1cccc(C(F)(F)F)c1)N(c1ccc(F)cc1)S(C)(=O)=O. The summed E-state index contributed by atoms with van der Waals surface area (Å²) < 4.78 is 77.0. The maximum atomic E-state index is 13.2. The summed E-state index contributed by atoms with van der Waals surface area (Å²) in [5.74, 6) is -1.39. The number of rotatable bonds is 6. The van der Waals surface area contributed by atoms with Crippen LogP contribution < -0.4 is 9.62 Å². The Balaban J connectivity index is 2.36. The molecule has 0 aromatic heterocycles. The van der Waals surface area contributed by atoms with Crippen molar-refractivity contribution in [3.63, 3.8) is 0 Å². The smallest absolute Gasteiger partial charge is 0.324 e. The van der Waals surface area contributed by atoms with E-state index in [1.807, 2.05) is 0 Å². The lowest BCUT2D eigenvalue weighted by Gasteiger charge is -2.30. The molecule has 1 amide bonds. The van der Waals surface area contributed by atoms with Gasteiger partial charge in [0.25, 0.3) is 0 Å². The van der Waals surface area contributed by atoms with E-state index in [4.69, 9.17) is 0 Å². The molecule has 0 unspecified atom stereocenters. The minimum absolute atomic E-state index is 0.0369. The van der Waals surface area contributed by atoms with Crippen LogP contribution in [0.15, 0.2) is 48.5 Å². The van der Waals surface area contributed by atoms with Crippen molar-refractivity contribution in [2.24, 2.45) is 0 Å². The van der Waals surface area contributed by atoms with Gasteiger partial charge in [0.1, 0.15) is 11.9 Å². The number of amides is 1. The third-order valence-corrected chi connectivity index (χ3v) is 5.05. The summed E-state index contributed by atoms with van der Waals surface area (Å²) in [5.41, 5.74) is -1.00. The van der Waals surface area contributed by atoms with E-state index in [-0.39, 0.29) is 17.8 Å². The molecule has 0 fully saturated rings. The Morgan fingerprint density at radius 2 is 1.75 bits per heavy atom. The van der Waals surface area contributed by atoms with Crippen molar-refractivity contribution in [2.75, 3.05) is 15.9 Å². The molecule has 0 heterocycles. The Morgan fingerprint density at radius 1 is 1.14 bits per heavy atom. The lowest BCUT2D eigenvalue weighted by Crippen LogP contribution is -2.47. The summed E-state index contributed by atoms with van der Waals surface area (Å²) in [6, 6.07) is 7.27. The molecule has 152 valence electrons. The van der Waals surface area contributed by atoms with Crippen LogP contribution in [0.2, 0.25) is 0 Å². The number of carbonyl (C=O) groups is 1. The molecule has 0 spiro atoms. The zero-order chi connectivity index (χ0) is 21.1. The first-order valence-corrected chi connectivity index (χ1v) is 10.0. The molecule has 0 aliphatic carbocycles. The van der Waals surface area contributed by atoms with Crippen molar-refractivity contribution in [1.82, 2.24) is 0 Å². The van der Waals surface area contributed by atoms with E-state index in [0.29, 0.717) is 0 Å². The van der Waals surface area contributed by atoms with Crippen molar-refractivity contribution >= 4 is 27.3 Å². The van der Waals surface area contributed by atoms with Crippen molar-refractivity contribution in [3.05, 3.63) is 59.9 Å². The van der Waals surface area contributed by atoms with Gasteiger partial charge in [-0.2, -0.15) is 13.2 Å². The molecule has 0 saturated heterocycles. The van der Waals surface area contributed by atoms with Gasteiger partial charge in [-0.05, 0) is 48.9 Å². The van der Waals surface area contributed by atoms with E-state index in [0.717, 1.165) is 40.9 Å². The van der Waals surface area contributed by atoms with Gasteiger partial charge < -0.3 is 5.32 Å². The Kier molecular flexibility index (Phi) is 6.33. The maximum Gasteiger partial charge on any atom is 0.416 e. The van der Waals surface area contributed by atoms with Gasteiger partial charge in [0.2, 0.25) is 15.9 Å². The Hall–Kier alpha value is -2.62. The van der Waals surface area contributed by atoms with Crippen molar-refractivity contribution in [1.29, 1.82) is 0 Å². The van der Waals surface area contributed by atoms with Gasteiger partial charge in [0, 0.05) is 5.69 Å². The standard InChI is InChI=1S/C18H18F4N2O3S/c1-3-16(24(28(2,26)27)15-9-7-13(19)8-10-15)17(25)23-14-6-4-5-12(11-14)18(20,21)22/h4-11,16H,3H2,1-2H3,(H,23,25)/t16-/m0/s1. The second-order valence-electron chi connectivity index (χ2n) is 6.03. The number of alkyl halides is 3. The largest absolute Gasteiger partial charge is 0.416 e. The lowest BCUT2D eigenvalue weighted by atomic mass is 10.1. The van der Waals surface area contributed by atoms with E-state index >= 15 is 0 Å². The van der Waals surface area contributed by atoms with E-state index in [2.05, 4.69) is 5.32 Å². The van der Waals surface area contributed by atoms with Gasteiger partial charge in [0.15, 0.2) is 0 Å². The average Bonchev–Trinajstić information content (AvgIpc) is 2.59. The van der Waals surface area contributed by atoms with Gasteiger partial charge in [-0.25, -0.2) is 12.8 Å². The molecular weight excluding hydrogens is 400 g/mol. The highest BCUT2D eigenvalue weighted by molar-refractivity contribution is 7.92. The first-order valence-electron chi connectivity index (χ1n) is 8.16. The van der Waals surface area contributed by atoms with Crippen molar-refractivity contribution in [3.8, 4) is 0 Å². The molecule has 2 aromatic rings. The van der Waals surface area contributed by atoms with E-state index in [1.165, 1.54) is 18.2 Å². The Labute approximate surface area is 160 Å². The molecule has 2 rings (SSSR count). The number of sulfonamides is 1. The molecule has 28 heavy (non-hydrogen) atoms. The summed E-state index contributed by atoms with van der Waals surface area (Å²) in [6.07, 6.45) is -3.66. The topological polar surface area (TPSA) is 66.5 Å². The van der Waals surface area contributed by atoms with Gasteiger partial charge in [0.05, 0.1) is 17.5 Å². The molecule has 2 aromatic carbocycles. The Bertz CT molecular complexity index is 944. The highest BCUT2D eigenvalue weighted by Gasteiger charge is 2.33. The molecule has 0 saturated carbocycles. The summed E-state index contributed by atoms with van der Waals surface area (Å²) in [5, 5.41) is 2.32. The third-order valence-electron chi connectivity index (χ3n) is 3.87. The summed E-state index contributed by atoms with van der Waals surface area (Å²) in [4.78, 5) is 12.7. The van der Waals surface area contributed by atoms with Crippen LogP contribution in [0.4, 0.5) is 28.9 Å². The highest BCUT2D eigenvalue weighted by atomic mass is 32.2. The number of nitrogens with one attached hydrogen (secondary N) is 1. The molecule has 0 bridgehead atoms. The summed E-state index contributed by atoms with van der Waals surface area (Å²) in [6.45, 7) is 1.55. The van der Waals surface area contributed by atoms with Crippen LogP contribution in [0.25, 0.3) is 0 Å². The molecule has 0 radical (unpaired) electrons. The molecule has 0 aliphatic heterocycles. The second-order valence-corrected chi connectivity index (χ2v) is 7.89. The highest BCUT2D eigenvalue weighted by Crippen LogP contribution is 2.31. The molecule has 1 atom stereocenters. The number of benzene rings is 2. The predicted octanol–water partition coefficient (Wildman–Crippen LogP) is 4.03. The van der Waals surface area contributed by atoms with Crippen LogP contribution in [-0.2, 0) is 21.0 Å². The Morgan fingerprint density at radius 3 is 2.25 bits per heavy atom. The summed E-state index contributed by atoms with van der Waals surface area (Å²) in [7, 11) is -3.94. The van der Waals surface area contributed by atoms with Crippen LogP contribution in [0.1, 0.15) is 18.9 Å². The van der Waals surface area contributed by atoms with Gasteiger partial charge in [-0.1, -0.05) is 13.0 Å². The van der Waals surface area contributed by atoms with E-state index in [1.54, 1.807) is 6.92 Å². The number of hydrogen-bond acceptors (Lipinski definition) is 3. The minimum Gasteiger partial charge on any atom is -0.324 e. The van der Waals surface area contributed by atoms with E-state index < -0.39 is 39.5 Å². The minimum atomic E-state index is -4.59. The molecule has 5 nitrogen and oxygen atoms in total. The van der Waals surface area contributed by atoms with Crippen LogP contribution in [-0.4, -0.2) is 26.6 Å². The number of hydrogen-bond donors (Lipinski definition) is 1. The zero-order valence-electron chi connectivity index (χ0n) is 15.0. The van der Waals surface area contributed by atoms with Crippen LogP contribution in [0.3, 0.4) is 0 Å². The maximum absolute atomic E-state index is 13.2. The molecule has 0 aliphatic rings. The number of anilines is 2. The van der Waals surface area contributed by atoms with Crippen LogP contribution >= 0.6 is 0 Å². The monoisotopic (exact) mass is 418 g/mol. The molecule has 10 heteroatoms. The normalized spacial score (nSPS) is 13.1. The summed E-state index contributed by atoms with van der Waals surface area (Å²) >= 11 is 0. The predicted molar refractivity (Wildman–Crippen MR) is 97.9 cm³/mol. The van der Waals surface area contributed by atoms with Crippen molar-refractivity contribution < 1.29 is 30.8 Å². The quantitative estimate of drug-likeness (QED) is 0.721. The van der Waals surface area contributed by atoms with Gasteiger partial charge in [-0.15, -0.1) is 0 Å². The van der Waals surface area contributed by atoms with Crippen LogP contribution in [0.5, 0.6) is 0 Å². The van der Waals surface area contributed by atoms with E-state index in [9.17, 15) is 30.8 Å². The fourth-order valence-electron chi connectivity index (χ4n) is 2.65. The lowest BCUT2D eigenvalue weighted by molar-refractivity contribution is -0.137. The molecule has 1 N–H and O–H groups in total. The van der Waals surface area contributed by atoms with Crippen molar-refractivity contribution in [2.45, 2.75) is 25.6 Å².